The van der Waals surface area contributed by atoms with E-state index < -0.39 is 4.92 Å². The standard InChI is InChI=1S/C18H18N2O3/c1-13-11-14(7-8-16(13)20(22)23)17(21)19-12-18(9-10-18)15-5-3-2-4-6-15/h2-8,11H,9-10,12H2,1H3,(H,19,21). The molecule has 0 aromatic heterocycles. The first-order chi connectivity index (χ1) is 11.0. The van der Waals surface area contributed by atoms with Gasteiger partial charge in [0.15, 0.2) is 0 Å². The van der Waals surface area contributed by atoms with Crippen LogP contribution in [0.3, 0.4) is 0 Å². The fraction of sp³-hybridized carbons (Fsp3) is 0.278. The van der Waals surface area contributed by atoms with Crippen LogP contribution in [0.2, 0.25) is 0 Å². The van der Waals surface area contributed by atoms with Crippen LogP contribution in [0.15, 0.2) is 48.5 Å². The molecule has 0 atom stereocenters. The third kappa shape index (κ3) is 3.08. The van der Waals surface area contributed by atoms with Crippen molar-refractivity contribution >= 4 is 11.6 Å². The van der Waals surface area contributed by atoms with Gasteiger partial charge in [0.25, 0.3) is 11.6 Å². The molecule has 5 heteroatoms. The molecule has 0 radical (unpaired) electrons. The molecule has 0 aliphatic heterocycles. The Hall–Kier alpha value is -2.69. The average Bonchev–Trinajstić information content (AvgIpc) is 3.34. The van der Waals surface area contributed by atoms with Crippen LogP contribution >= 0.6 is 0 Å². The summed E-state index contributed by atoms with van der Waals surface area (Å²) in [5.74, 6) is -0.190. The van der Waals surface area contributed by atoms with E-state index in [4.69, 9.17) is 0 Å². The number of carbonyl (C=O) groups excluding carboxylic acids is 1. The summed E-state index contributed by atoms with van der Waals surface area (Å²) in [4.78, 5) is 22.7. The highest BCUT2D eigenvalue weighted by Crippen LogP contribution is 2.47. The van der Waals surface area contributed by atoms with Crippen molar-refractivity contribution in [2.24, 2.45) is 0 Å². The third-order valence-electron chi connectivity index (χ3n) is 4.48. The quantitative estimate of drug-likeness (QED) is 0.680. The molecular weight excluding hydrogens is 292 g/mol. The fourth-order valence-corrected chi connectivity index (χ4v) is 2.86. The molecule has 0 heterocycles. The number of nitro groups is 1. The minimum atomic E-state index is -0.439. The van der Waals surface area contributed by atoms with E-state index in [0.29, 0.717) is 17.7 Å². The molecular formula is C18H18N2O3. The van der Waals surface area contributed by atoms with Gasteiger partial charge in [-0.1, -0.05) is 30.3 Å². The van der Waals surface area contributed by atoms with Crippen molar-refractivity contribution < 1.29 is 9.72 Å². The molecule has 1 saturated carbocycles. The van der Waals surface area contributed by atoms with Crippen LogP contribution in [0.4, 0.5) is 5.69 Å². The molecule has 23 heavy (non-hydrogen) atoms. The van der Waals surface area contributed by atoms with Gasteiger partial charge >= 0.3 is 0 Å². The van der Waals surface area contributed by atoms with Crippen LogP contribution in [0.5, 0.6) is 0 Å². The number of hydrogen-bond acceptors (Lipinski definition) is 3. The number of benzene rings is 2. The second kappa shape index (κ2) is 5.83. The lowest BCUT2D eigenvalue weighted by molar-refractivity contribution is -0.385. The van der Waals surface area contributed by atoms with E-state index in [-0.39, 0.29) is 17.0 Å². The normalized spacial score (nSPS) is 15.0. The first-order valence-corrected chi connectivity index (χ1v) is 7.61. The molecule has 3 rings (SSSR count). The van der Waals surface area contributed by atoms with Crippen molar-refractivity contribution in [3.63, 3.8) is 0 Å². The van der Waals surface area contributed by atoms with E-state index in [9.17, 15) is 14.9 Å². The van der Waals surface area contributed by atoms with E-state index in [1.165, 1.54) is 17.7 Å². The number of carbonyl (C=O) groups is 1. The average molecular weight is 310 g/mol. The van der Waals surface area contributed by atoms with Gasteiger partial charge in [0.2, 0.25) is 0 Å². The second-order valence-electron chi connectivity index (χ2n) is 6.09. The minimum absolute atomic E-state index is 0.0319. The lowest BCUT2D eigenvalue weighted by Gasteiger charge is -2.16. The first-order valence-electron chi connectivity index (χ1n) is 7.61. The van der Waals surface area contributed by atoms with Crippen molar-refractivity contribution in [2.75, 3.05) is 6.54 Å². The van der Waals surface area contributed by atoms with Gasteiger partial charge < -0.3 is 5.32 Å². The Morgan fingerprint density at radius 2 is 1.91 bits per heavy atom. The first kappa shape index (κ1) is 15.2. The molecule has 1 fully saturated rings. The molecule has 0 saturated heterocycles. The topological polar surface area (TPSA) is 72.2 Å². The summed E-state index contributed by atoms with van der Waals surface area (Å²) < 4.78 is 0. The Kier molecular flexibility index (Phi) is 3.86. The molecule has 1 aliphatic carbocycles. The zero-order chi connectivity index (χ0) is 16.4. The van der Waals surface area contributed by atoms with E-state index in [2.05, 4.69) is 17.4 Å². The van der Waals surface area contributed by atoms with Crippen LogP contribution in [0.25, 0.3) is 0 Å². The summed E-state index contributed by atoms with van der Waals surface area (Å²) in [5, 5.41) is 13.8. The van der Waals surface area contributed by atoms with E-state index in [1.54, 1.807) is 13.0 Å². The van der Waals surface area contributed by atoms with Crippen molar-refractivity contribution in [2.45, 2.75) is 25.2 Å². The summed E-state index contributed by atoms with van der Waals surface area (Å²) in [7, 11) is 0. The van der Waals surface area contributed by atoms with Gasteiger partial charge in [-0.15, -0.1) is 0 Å². The lowest BCUT2D eigenvalue weighted by atomic mass is 9.96. The maximum Gasteiger partial charge on any atom is 0.272 e. The molecule has 1 aliphatic rings. The molecule has 0 unspecified atom stereocenters. The van der Waals surface area contributed by atoms with E-state index in [0.717, 1.165) is 12.8 Å². The van der Waals surface area contributed by atoms with E-state index in [1.807, 2.05) is 18.2 Å². The smallest absolute Gasteiger partial charge is 0.272 e. The fourth-order valence-electron chi connectivity index (χ4n) is 2.86. The van der Waals surface area contributed by atoms with Crippen LogP contribution in [-0.4, -0.2) is 17.4 Å². The van der Waals surface area contributed by atoms with Gasteiger partial charge in [-0.05, 0) is 37.5 Å². The number of hydrogen-bond donors (Lipinski definition) is 1. The Morgan fingerprint density at radius 3 is 2.48 bits per heavy atom. The molecule has 2 aromatic carbocycles. The highest BCUT2D eigenvalue weighted by molar-refractivity contribution is 5.94. The summed E-state index contributed by atoms with van der Waals surface area (Å²) >= 11 is 0. The largest absolute Gasteiger partial charge is 0.351 e. The van der Waals surface area contributed by atoms with Crippen molar-refractivity contribution in [1.82, 2.24) is 5.32 Å². The number of amides is 1. The molecule has 1 amide bonds. The molecule has 0 bridgehead atoms. The molecule has 118 valence electrons. The van der Waals surface area contributed by atoms with Gasteiger partial charge in [-0.25, -0.2) is 0 Å². The monoisotopic (exact) mass is 310 g/mol. The van der Waals surface area contributed by atoms with Crippen LogP contribution in [-0.2, 0) is 5.41 Å². The van der Waals surface area contributed by atoms with Crippen LogP contribution in [0, 0.1) is 17.0 Å². The van der Waals surface area contributed by atoms with E-state index >= 15 is 0 Å². The predicted octanol–water partition coefficient (Wildman–Crippen LogP) is 3.36. The lowest BCUT2D eigenvalue weighted by Crippen LogP contribution is -2.32. The van der Waals surface area contributed by atoms with Gasteiger partial charge in [-0.2, -0.15) is 0 Å². The maximum atomic E-state index is 12.3. The van der Waals surface area contributed by atoms with Crippen LogP contribution < -0.4 is 5.32 Å². The number of nitrogens with one attached hydrogen (secondary N) is 1. The third-order valence-corrected chi connectivity index (χ3v) is 4.48. The maximum absolute atomic E-state index is 12.3. The van der Waals surface area contributed by atoms with Gasteiger partial charge in [0.1, 0.15) is 0 Å². The Balaban J connectivity index is 1.69. The SMILES string of the molecule is Cc1cc(C(=O)NCC2(c3ccccc3)CC2)ccc1[N+](=O)[O-]. The van der Waals surface area contributed by atoms with Gasteiger partial charge in [0, 0.05) is 29.2 Å². The Morgan fingerprint density at radius 1 is 1.22 bits per heavy atom. The molecule has 5 nitrogen and oxygen atoms in total. The van der Waals surface area contributed by atoms with Crippen molar-refractivity contribution in [1.29, 1.82) is 0 Å². The summed E-state index contributed by atoms with van der Waals surface area (Å²) in [6, 6.07) is 14.6. The predicted molar refractivity (Wildman–Crippen MR) is 87.5 cm³/mol. The van der Waals surface area contributed by atoms with Crippen molar-refractivity contribution in [3.8, 4) is 0 Å². The molecule has 1 N–H and O–H groups in total. The van der Waals surface area contributed by atoms with Crippen LogP contribution in [0.1, 0.15) is 34.3 Å². The summed E-state index contributed by atoms with van der Waals surface area (Å²) in [6.45, 7) is 2.23. The Labute approximate surface area is 134 Å². The molecule has 2 aromatic rings. The number of rotatable bonds is 5. The highest BCUT2D eigenvalue weighted by atomic mass is 16.6. The van der Waals surface area contributed by atoms with Crippen molar-refractivity contribution in [3.05, 3.63) is 75.3 Å². The zero-order valence-electron chi connectivity index (χ0n) is 12.9. The van der Waals surface area contributed by atoms with Gasteiger partial charge in [-0.3, -0.25) is 14.9 Å². The number of nitro benzene ring substituents is 1. The number of nitrogens with zero attached hydrogens (tertiary/aromatic N) is 1. The summed E-state index contributed by atoms with van der Waals surface area (Å²) in [5.41, 5.74) is 2.28. The zero-order valence-corrected chi connectivity index (χ0v) is 12.9. The number of aryl methyl sites for hydroxylation is 1. The highest BCUT2D eigenvalue weighted by Gasteiger charge is 2.44. The van der Waals surface area contributed by atoms with Gasteiger partial charge in [0.05, 0.1) is 4.92 Å². The second-order valence-corrected chi connectivity index (χ2v) is 6.09. The summed E-state index contributed by atoms with van der Waals surface area (Å²) in [6.07, 6.45) is 2.13. The molecule has 0 spiro atoms. The Bertz CT molecular complexity index is 752. The minimum Gasteiger partial charge on any atom is -0.351 e.